The van der Waals surface area contributed by atoms with Crippen LogP contribution in [0.1, 0.15) is 59.1 Å². The first-order valence-corrected chi connectivity index (χ1v) is 14.4. The molecule has 1 saturated heterocycles. The number of anilines is 2. The van der Waals surface area contributed by atoms with Gasteiger partial charge in [-0.1, -0.05) is 43.4 Å². The van der Waals surface area contributed by atoms with Crippen molar-refractivity contribution in [2.24, 2.45) is 5.92 Å². The summed E-state index contributed by atoms with van der Waals surface area (Å²) >= 11 is 1.20. The molecule has 1 aromatic heterocycles. The summed E-state index contributed by atoms with van der Waals surface area (Å²) in [6.45, 7) is 8.41. The Kier molecular flexibility index (Phi) is 7.56. The molecule has 2 amide bonds. The second-order valence-corrected chi connectivity index (χ2v) is 12.7. The predicted octanol–water partition coefficient (Wildman–Crippen LogP) is 4.75. The van der Waals surface area contributed by atoms with Crippen LogP contribution < -0.4 is 10.2 Å². The average molecular weight is 527 g/mol. The molecule has 0 spiro atoms. The van der Waals surface area contributed by atoms with Gasteiger partial charge in [0.2, 0.25) is 11.0 Å². The van der Waals surface area contributed by atoms with Gasteiger partial charge in [0.1, 0.15) is 5.01 Å². The highest BCUT2D eigenvalue weighted by molar-refractivity contribution is 7.91. The Morgan fingerprint density at radius 2 is 1.83 bits per heavy atom. The van der Waals surface area contributed by atoms with Crippen molar-refractivity contribution in [2.45, 2.75) is 51.3 Å². The number of amides is 2. The molecule has 2 heterocycles. The Morgan fingerprint density at radius 1 is 1.14 bits per heavy atom. The monoisotopic (exact) mass is 526 g/mol. The SMILES string of the molecule is Cc1cc(C)cc(N2CC(c3nnc(NC(=O)c4ccccc4S(=O)(=O)CCC(C)C)s3)CC2=O)c1. The van der Waals surface area contributed by atoms with Gasteiger partial charge in [-0.3, -0.25) is 14.9 Å². The number of nitrogens with zero attached hydrogens (tertiary/aromatic N) is 3. The summed E-state index contributed by atoms with van der Waals surface area (Å²) in [7, 11) is -3.61. The van der Waals surface area contributed by atoms with E-state index in [0.717, 1.165) is 16.8 Å². The highest BCUT2D eigenvalue weighted by atomic mass is 32.2. The maximum absolute atomic E-state index is 13.0. The van der Waals surface area contributed by atoms with E-state index in [0.29, 0.717) is 24.4 Å². The second-order valence-electron chi connectivity index (χ2n) is 9.65. The zero-order valence-electron chi connectivity index (χ0n) is 20.8. The minimum absolute atomic E-state index is 0.0124. The molecule has 190 valence electrons. The lowest BCUT2D eigenvalue weighted by atomic mass is 10.1. The molecule has 0 aliphatic carbocycles. The van der Waals surface area contributed by atoms with Gasteiger partial charge in [-0.15, -0.1) is 10.2 Å². The number of carbonyl (C=O) groups excluding carboxylic acids is 2. The number of rotatable bonds is 8. The second kappa shape index (κ2) is 10.5. The summed E-state index contributed by atoms with van der Waals surface area (Å²) in [6.07, 6.45) is 0.823. The highest BCUT2D eigenvalue weighted by Gasteiger charge is 2.34. The number of hydrogen-bond acceptors (Lipinski definition) is 7. The van der Waals surface area contributed by atoms with Gasteiger partial charge in [-0.25, -0.2) is 8.42 Å². The molecule has 36 heavy (non-hydrogen) atoms. The van der Waals surface area contributed by atoms with Crippen LogP contribution >= 0.6 is 11.3 Å². The Morgan fingerprint density at radius 3 is 2.53 bits per heavy atom. The molecule has 10 heteroatoms. The number of aryl methyl sites for hydroxylation is 2. The van der Waals surface area contributed by atoms with E-state index >= 15 is 0 Å². The van der Waals surface area contributed by atoms with Gasteiger partial charge in [0.15, 0.2) is 9.84 Å². The zero-order chi connectivity index (χ0) is 26.0. The van der Waals surface area contributed by atoms with Gasteiger partial charge in [0, 0.05) is 24.6 Å². The smallest absolute Gasteiger partial charge is 0.258 e. The predicted molar refractivity (Wildman–Crippen MR) is 141 cm³/mol. The van der Waals surface area contributed by atoms with Crippen molar-refractivity contribution >= 4 is 43.8 Å². The molecule has 1 aliphatic rings. The summed E-state index contributed by atoms with van der Waals surface area (Å²) < 4.78 is 25.7. The van der Waals surface area contributed by atoms with Crippen LogP contribution in [0.5, 0.6) is 0 Å². The van der Waals surface area contributed by atoms with E-state index < -0.39 is 15.7 Å². The molecule has 3 aromatic rings. The van der Waals surface area contributed by atoms with Gasteiger partial charge < -0.3 is 4.90 Å². The molecular weight excluding hydrogens is 496 g/mol. The number of aromatic nitrogens is 2. The van der Waals surface area contributed by atoms with Crippen LogP contribution in [0, 0.1) is 19.8 Å². The van der Waals surface area contributed by atoms with Gasteiger partial charge in [-0.05, 0) is 61.6 Å². The lowest BCUT2D eigenvalue weighted by Crippen LogP contribution is -2.24. The first kappa shape index (κ1) is 26.0. The largest absolute Gasteiger partial charge is 0.312 e. The number of benzene rings is 2. The lowest BCUT2D eigenvalue weighted by Gasteiger charge is -2.17. The molecule has 1 fully saturated rings. The highest BCUT2D eigenvalue weighted by Crippen LogP contribution is 2.35. The number of carbonyl (C=O) groups is 2. The number of hydrogen-bond donors (Lipinski definition) is 1. The van der Waals surface area contributed by atoms with Crippen molar-refractivity contribution in [2.75, 3.05) is 22.5 Å². The van der Waals surface area contributed by atoms with E-state index in [1.165, 1.54) is 23.5 Å². The quantitative estimate of drug-likeness (QED) is 0.454. The van der Waals surface area contributed by atoms with Crippen LogP contribution in [0.3, 0.4) is 0 Å². The molecule has 0 saturated carbocycles. The fourth-order valence-corrected chi connectivity index (χ4v) is 6.88. The number of nitrogens with one attached hydrogen (secondary N) is 1. The Balaban J connectivity index is 1.48. The third-order valence-corrected chi connectivity index (χ3v) is 8.88. The van der Waals surface area contributed by atoms with E-state index in [4.69, 9.17) is 0 Å². The van der Waals surface area contributed by atoms with Crippen molar-refractivity contribution in [3.63, 3.8) is 0 Å². The summed E-state index contributed by atoms with van der Waals surface area (Å²) in [5.74, 6) is -0.462. The molecule has 1 N–H and O–H groups in total. The maximum Gasteiger partial charge on any atom is 0.258 e. The third-order valence-electron chi connectivity index (χ3n) is 6.08. The van der Waals surface area contributed by atoms with Crippen molar-refractivity contribution in [1.29, 1.82) is 0 Å². The molecule has 8 nitrogen and oxygen atoms in total. The van der Waals surface area contributed by atoms with Crippen LogP contribution in [0.2, 0.25) is 0 Å². The topological polar surface area (TPSA) is 109 Å². The lowest BCUT2D eigenvalue weighted by molar-refractivity contribution is -0.117. The fraction of sp³-hybridized carbons (Fsp3) is 0.385. The Bertz CT molecular complexity index is 1380. The molecule has 2 aromatic carbocycles. The Hall–Kier alpha value is -3.11. The third kappa shape index (κ3) is 5.82. The molecule has 1 unspecified atom stereocenters. The van der Waals surface area contributed by atoms with E-state index in [1.54, 1.807) is 17.0 Å². The first-order chi connectivity index (χ1) is 17.0. The van der Waals surface area contributed by atoms with E-state index in [1.807, 2.05) is 39.8 Å². The standard InChI is InChI=1S/C26H30N4O4S2/c1-16(2)9-10-36(33,34)22-8-6-5-7-21(22)24(32)27-26-29-28-25(35-26)19-14-23(31)30(15-19)20-12-17(3)11-18(4)13-20/h5-8,11-13,16,19H,9-10,14-15H2,1-4H3,(H,27,29,32). The van der Waals surface area contributed by atoms with Crippen molar-refractivity contribution in [1.82, 2.24) is 10.2 Å². The molecule has 1 atom stereocenters. The van der Waals surface area contributed by atoms with Gasteiger partial charge in [0.25, 0.3) is 5.91 Å². The summed E-state index contributed by atoms with van der Waals surface area (Å²) in [5, 5.41) is 11.9. The van der Waals surface area contributed by atoms with Gasteiger partial charge in [-0.2, -0.15) is 0 Å². The van der Waals surface area contributed by atoms with Crippen LogP contribution in [0.15, 0.2) is 47.4 Å². The van der Waals surface area contributed by atoms with Crippen LogP contribution in [0.25, 0.3) is 0 Å². The minimum atomic E-state index is -3.61. The van der Waals surface area contributed by atoms with Crippen molar-refractivity contribution < 1.29 is 18.0 Å². The van der Waals surface area contributed by atoms with E-state index in [9.17, 15) is 18.0 Å². The Labute approximate surface area is 215 Å². The van der Waals surface area contributed by atoms with Gasteiger partial charge in [0.05, 0.1) is 16.2 Å². The first-order valence-electron chi connectivity index (χ1n) is 11.9. The minimum Gasteiger partial charge on any atom is -0.312 e. The molecule has 0 bridgehead atoms. The molecule has 0 radical (unpaired) electrons. The molecule has 4 rings (SSSR count). The van der Waals surface area contributed by atoms with E-state index in [2.05, 4.69) is 21.6 Å². The summed E-state index contributed by atoms with van der Waals surface area (Å²) in [5.41, 5.74) is 3.13. The zero-order valence-corrected chi connectivity index (χ0v) is 22.4. The van der Waals surface area contributed by atoms with Gasteiger partial charge >= 0.3 is 0 Å². The molecular formula is C26H30N4O4S2. The average Bonchev–Trinajstić information content (AvgIpc) is 3.43. The van der Waals surface area contributed by atoms with Crippen LogP contribution in [0.4, 0.5) is 10.8 Å². The number of sulfone groups is 1. The van der Waals surface area contributed by atoms with Crippen LogP contribution in [-0.2, 0) is 14.6 Å². The van der Waals surface area contributed by atoms with E-state index in [-0.39, 0.29) is 39.1 Å². The molecule has 1 aliphatic heterocycles. The maximum atomic E-state index is 13.0. The normalized spacial score (nSPS) is 16.1. The van der Waals surface area contributed by atoms with Crippen molar-refractivity contribution in [3.8, 4) is 0 Å². The van der Waals surface area contributed by atoms with Crippen LogP contribution in [-0.4, -0.2) is 42.7 Å². The summed E-state index contributed by atoms with van der Waals surface area (Å²) in [6, 6.07) is 12.2. The fourth-order valence-electron chi connectivity index (χ4n) is 4.27. The summed E-state index contributed by atoms with van der Waals surface area (Å²) in [4.78, 5) is 27.5. The van der Waals surface area contributed by atoms with Crippen molar-refractivity contribution in [3.05, 3.63) is 64.2 Å².